The molecule has 0 unspecified atom stereocenters. The Hall–Kier alpha value is -2.08. The van der Waals surface area contributed by atoms with Gasteiger partial charge in [0.2, 0.25) is 0 Å². The van der Waals surface area contributed by atoms with Gasteiger partial charge in [0.25, 0.3) is 5.91 Å². The van der Waals surface area contributed by atoms with Gasteiger partial charge in [-0.2, -0.15) is 0 Å². The van der Waals surface area contributed by atoms with Crippen LogP contribution in [0.2, 0.25) is 0 Å². The van der Waals surface area contributed by atoms with Crippen molar-refractivity contribution in [3.05, 3.63) is 57.8 Å². The third-order valence-electron chi connectivity index (χ3n) is 3.25. The third-order valence-corrected chi connectivity index (χ3v) is 3.75. The van der Waals surface area contributed by atoms with Crippen LogP contribution in [0.5, 0.6) is 11.5 Å². The summed E-state index contributed by atoms with van der Waals surface area (Å²) in [7, 11) is 0. The molecular weight excluding hydrogens is 377 g/mol. The topological polar surface area (TPSA) is 47.6 Å². The Morgan fingerprint density at radius 1 is 1.08 bits per heavy atom. The summed E-state index contributed by atoms with van der Waals surface area (Å²) in [4.78, 5) is 12.3. The maximum Gasteiger partial charge on any atom is 0.251 e. The zero-order chi connectivity index (χ0) is 17.5. The molecule has 0 radical (unpaired) electrons. The van der Waals surface area contributed by atoms with Crippen LogP contribution in [0.25, 0.3) is 0 Å². The fraction of sp³-hybridized carbons (Fsp3) is 0.278. The number of hydrogen-bond donors (Lipinski definition) is 1. The molecule has 0 spiro atoms. The van der Waals surface area contributed by atoms with Crippen molar-refractivity contribution in [2.45, 2.75) is 20.4 Å². The van der Waals surface area contributed by atoms with Gasteiger partial charge in [-0.1, -0.05) is 15.9 Å². The molecule has 0 aromatic heterocycles. The van der Waals surface area contributed by atoms with Crippen molar-refractivity contribution in [2.75, 3.05) is 13.2 Å². The number of hydrogen-bond acceptors (Lipinski definition) is 3. The molecule has 0 atom stereocenters. The second-order valence-electron chi connectivity index (χ2n) is 4.95. The number of carbonyl (C=O) groups is 1. The quantitative estimate of drug-likeness (QED) is 0.759. The van der Waals surface area contributed by atoms with Crippen molar-refractivity contribution in [3.8, 4) is 11.5 Å². The van der Waals surface area contributed by atoms with E-state index in [0.717, 1.165) is 4.47 Å². The van der Waals surface area contributed by atoms with Crippen LogP contribution in [0.4, 0.5) is 4.39 Å². The van der Waals surface area contributed by atoms with E-state index in [9.17, 15) is 9.18 Å². The van der Waals surface area contributed by atoms with Crippen LogP contribution in [-0.2, 0) is 6.54 Å². The Bertz CT molecular complexity index is 721. The molecule has 2 rings (SSSR count). The van der Waals surface area contributed by atoms with Crippen LogP contribution in [0.3, 0.4) is 0 Å². The Labute approximate surface area is 149 Å². The molecule has 0 aliphatic carbocycles. The van der Waals surface area contributed by atoms with Crippen molar-refractivity contribution in [2.24, 2.45) is 0 Å². The average molecular weight is 396 g/mol. The summed E-state index contributed by atoms with van der Waals surface area (Å²) in [6, 6.07) is 9.58. The lowest BCUT2D eigenvalue weighted by Crippen LogP contribution is -2.23. The van der Waals surface area contributed by atoms with Crippen LogP contribution in [0, 0.1) is 5.82 Å². The second-order valence-corrected chi connectivity index (χ2v) is 5.86. The zero-order valence-corrected chi connectivity index (χ0v) is 15.2. The van der Waals surface area contributed by atoms with Gasteiger partial charge in [0, 0.05) is 22.1 Å². The first-order valence-corrected chi connectivity index (χ1v) is 8.46. The van der Waals surface area contributed by atoms with Crippen molar-refractivity contribution in [1.29, 1.82) is 0 Å². The van der Waals surface area contributed by atoms with E-state index in [1.807, 2.05) is 13.8 Å². The SMILES string of the molecule is CCOc1ccc(C(=O)NCc2cc(Br)ccc2F)cc1OCC. The standard InChI is InChI=1S/C18H19BrFNO3/c1-3-23-16-8-5-12(10-17(16)24-4-2)18(22)21-11-13-9-14(19)6-7-15(13)20/h5-10H,3-4,11H2,1-2H3,(H,21,22). The molecule has 0 bridgehead atoms. The normalized spacial score (nSPS) is 10.3. The van der Waals surface area contributed by atoms with Crippen LogP contribution in [-0.4, -0.2) is 19.1 Å². The average Bonchev–Trinajstić information content (AvgIpc) is 2.57. The maximum absolute atomic E-state index is 13.7. The molecule has 2 aromatic carbocycles. The van der Waals surface area contributed by atoms with Crippen LogP contribution in [0.1, 0.15) is 29.8 Å². The summed E-state index contributed by atoms with van der Waals surface area (Å²) >= 11 is 3.29. The molecule has 2 aromatic rings. The van der Waals surface area contributed by atoms with Crippen LogP contribution < -0.4 is 14.8 Å². The highest BCUT2D eigenvalue weighted by Crippen LogP contribution is 2.28. The molecule has 6 heteroatoms. The lowest BCUT2D eigenvalue weighted by molar-refractivity contribution is 0.0950. The van der Waals surface area contributed by atoms with Crippen molar-refractivity contribution >= 4 is 21.8 Å². The van der Waals surface area contributed by atoms with E-state index < -0.39 is 0 Å². The highest BCUT2D eigenvalue weighted by molar-refractivity contribution is 9.10. The molecule has 128 valence electrons. The first-order chi connectivity index (χ1) is 11.5. The molecule has 0 aliphatic rings. The van der Waals surface area contributed by atoms with Gasteiger partial charge in [0.15, 0.2) is 11.5 Å². The van der Waals surface area contributed by atoms with E-state index in [4.69, 9.17) is 9.47 Å². The number of halogens is 2. The monoisotopic (exact) mass is 395 g/mol. The van der Waals surface area contributed by atoms with E-state index in [2.05, 4.69) is 21.2 Å². The van der Waals surface area contributed by atoms with Gasteiger partial charge in [0.1, 0.15) is 5.82 Å². The van der Waals surface area contributed by atoms with E-state index in [-0.39, 0.29) is 18.3 Å². The summed E-state index contributed by atoms with van der Waals surface area (Å²) in [6.45, 7) is 4.81. The Kier molecular flexibility index (Phi) is 6.61. The van der Waals surface area contributed by atoms with E-state index >= 15 is 0 Å². The minimum Gasteiger partial charge on any atom is -0.490 e. The second kappa shape index (κ2) is 8.68. The van der Waals surface area contributed by atoms with Crippen molar-refractivity contribution in [3.63, 3.8) is 0 Å². The first-order valence-electron chi connectivity index (χ1n) is 7.67. The summed E-state index contributed by atoms with van der Waals surface area (Å²) < 4.78 is 25.5. The number of rotatable bonds is 7. The van der Waals surface area contributed by atoms with E-state index in [0.29, 0.717) is 35.8 Å². The number of ether oxygens (including phenoxy) is 2. The fourth-order valence-corrected chi connectivity index (χ4v) is 2.56. The molecule has 0 fully saturated rings. The van der Waals surface area contributed by atoms with E-state index in [1.54, 1.807) is 30.3 Å². The van der Waals surface area contributed by atoms with Crippen LogP contribution in [0.15, 0.2) is 40.9 Å². The van der Waals surface area contributed by atoms with Gasteiger partial charge < -0.3 is 14.8 Å². The first kappa shape index (κ1) is 18.3. The summed E-state index contributed by atoms with van der Waals surface area (Å²) in [6.07, 6.45) is 0. The predicted octanol–water partition coefficient (Wildman–Crippen LogP) is 4.32. The number of carbonyl (C=O) groups excluding carboxylic acids is 1. The Morgan fingerprint density at radius 3 is 2.50 bits per heavy atom. The fourth-order valence-electron chi connectivity index (χ4n) is 2.15. The van der Waals surface area contributed by atoms with Gasteiger partial charge in [0.05, 0.1) is 13.2 Å². The van der Waals surface area contributed by atoms with Crippen molar-refractivity contribution in [1.82, 2.24) is 5.32 Å². The third kappa shape index (κ3) is 4.71. The minimum absolute atomic E-state index is 0.0985. The van der Waals surface area contributed by atoms with Gasteiger partial charge in [-0.25, -0.2) is 4.39 Å². The van der Waals surface area contributed by atoms with E-state index in [1.165, 1.54) is 6.07 Å². The highest BCUT2D eigenvalue weighted by Gasteiger charge is 2.12. The van der Waals surface area contributed by atoms with Gasteiger partial charge in [-0.15, -0.1) is 0 Å². The van der Waals surface area contributed by atoms with Gasteiger partial charge in [-0.3, -0.25) is 4.79 Å². The number of nitrogens with one attached hydrogen (secondary N) is 1. The number of benzene rings is 2. The number of amides is 1. The lowest BCUT2D eigenvalue weighted by atomic mass is 10.1. The maximum atomic E-state index is 13.7. The molecule has 4 nitrogen and oxygen atoms in total. The Morgan fingerprint density at radius 2 is 1.79 bits per heavy atom. The van der Waals surface area contributed by atoms with Gasteiger partial charge >= 0.3 is 0 Å². The molecular formula is C18H19BrFNO3. The predicted molar refractivity (Wildman–Crippen MR) is 94.1 cm³/mol. The molecule has 1 N–H and O–H groups in total. The molecule has 0 aliphatic heterocycles. The zero-order valence-electron chi connectivity index (χ0n) is 13.6. The molecule has 1 amide bonds. The van der Waals surface area contributed by atoms with Crippen LogP contribution >= 0.6 is 15.9 Å². The van der Waals surface area contributed by atoms with Crippen molar-refractivity contribution < 1.29 is 18.7 Å². The lowest BCUT2D eigenvalue weighted by Gasteiger charge is -2.12. The summed E-state index contributed by atoms with van der Waals surface area (Å²) in [5.41, 5.74) is 0.839. The minimum atomic E-state index is -0.361. The molecule has 24 heavy (non-hydrogen) atoms. The van der Waals surface area contributed by atoms with Gasteiger partial charge in [-0.05, 0) is 50.2 Å². The molecule has 0 heterocycles. The molecule has 0 saturated carbocycles. The molecule has 0 saturated heterocycles. The highest BCUT2D eigenvalue weighted by atomic mass is 79.9. The largest absolute Gasteiger partial charge is 0.490 e. The Balaban J connectivity index is 2.11. The summed E-state index contributed by atoms with van der Waals surface area (Å²) in [5.74, 6) is 0.438. The summed E-state index contributed by atoms with van der Waals surface area (Å²) in [5, 5.41) is 2.71. The smallest absolute Gasteiger partial charge is 0.251 e.